The molecule has 1 heterocycles. The molecule has 0 bridgehead atoms. The van der Waals surface area contributed by atoms with Crippen molar-refractivity contribution in [3.63, 3.8) is 0 Å². The van der Waals surface area contributed by atoms with Crippen molar-refractivity contribution >= 4 is 11.7 Å². The van der Waals surface area contributed by atoms with Gasteiger partial charge in [0.2, 0.25) is 0 Å². The second-order valence-electron chi connectivity index (χ2n) is 5.36. The zero-order valence-electron chi connectivity index (χ0n) is 11.5. The number of esters is 1. The van der Waals surface area contributed by atoms with Crippen LogP contribution in [0.3, 0.4) is 0 Å². The van der Waals surface area contributed by atoms with Crippen molar-refractivity contribution in [2.24, 2.45) is 0 Å². The Hall–Kier alpha value is -2.23. The molecule has 2 aromatic rings. The molecule has 104 valence electrons. The average molecular weight is 270 g/mol. The number of hydrogen-bond acceptors (Lipinski definition) is 3. The van der Waals surface area contributed by atoms with Gasteiger partial charge in [-0.15, -0.1) is 0 Å². The molecule has 0 amide bonds. The predicted octanol–water partition coefficient (Wildman–Crippen LogP) is 3.07. The summed E-state index contributed by atoms with van der Waals surface area (Å²) in [5, 5.41) is 0. The van der Waals surface area contributed by atoms with Gasteiger partial charge in [-0.3, -0.25) is 0 Å². The van der Waals surface area contributed by atoms with Crippen LogP contribution >= 0.6 is 0 Å². The third-order valence-electron chi connectivity index (χ3n) is 3.47. The van der Waals surface area contributed by atoms with Crippen molar-refractivity contribution in [3.05, 3.63) is 53.3 Å². The molecule has 0 saturated heterocycles. The van der Waals surface area contributed by atoms with Crippen LogP contribution < -0.4 is 5.73 Å². The van der Waals surface area contributed by atoms with Gasteiger partial charge in [-0.25, -0.2) is 4.79 Å². The molecule has 4 nitrogen and oxygen atoms in total. The van der Waals surface area contributed by atoms with Crippen LogP contribution in [0.25, 0.3) is 0 Å². The minimum absolute atomic E-state index is 0.288. The molecule has 1 aliphatic rings. The molecule has 1 aromatic heterocycles. The van der Waals surface area contributed by atoms with Gasteiger partial charge in [0.25, 0.3) is 0 Å². The number of aryl methyl sites for hydroxylation is 1. The minimum atomic E-state index is -0.310. The van der Waals surface area contributed by atoms with Crippen molar-refractivity contribution in [1.29, 1.82) is 0 Å². The molecule has 0 radical (unpaired) electrons. The molecular weight excluding hydrogens is 252 g/mol. The van der Waals surface area contributed by atoms with E-state index < -0.39 is 0 Å². The van der Waals surface area contributed by atoms with Gasteiger partial charge in [-0.2, -0.15) is 0 Å². The van der Waals surface area contributed by atoms with Gasteiger partial charge in [0.15, 0.2) is 0 Å². The van der Waals surface area contributed by atoms with Crippen molar-refractivity contribution in [2.45, 2.75) is 32.4 Å². The Labute approximate surface area is 118 Å². The number of rotatable bonds is 4. The van der Waals surface area contributed by atoms with Crippen LogP contribution in [-0.2, 0) is 11.3 Å². The molecule has 1 fully saturated rings. The Morgan fingerprint density at radius 1 is 1.40 bits per heavy atom. The normalized spacial score (nSPS) is 14.2. The Morgan fingerprint density at radius 3 is 2.90 bits per heavy atom. The second-order valence-corrected chi connectivity index (χ2v) is 5.36. The summed E-state index contributed by atoms with van der Waals surface area (Å²) in [6.07, 6.45) is 4.03. The van der Waals surface area contributed by atoms with Gasteiger partial charge < -0.3 is 15.0 Å². The number of ether oxygens (including phenoxy) is 1. The third-order valence-corrected chi connectivity index (χ3v) is 3.47. The Balaban J connectivity index is 1.70. The van der Waals surface area contributed by atoms with Crippen LogP contribution in [0.1, 0.15) is 40.5 Å². The summed E-state index contributed by atoms with van der Waals surface area (Å²) < 4.78 is 7.32. The zero-order valence-corrected chi connectivity index (χ0v) is 11.5. The lowest BCUT2D eigenvalue weighted by molar-refractivity contribution is 0.0459. The maximum absolute atomic E-state index is 12.2. The molecule has 0 spiro atoms. The summed E-state index contributed by atoms with van der Waals surface area (Å²) in [6.45, 7) is 2.31. The summed E-state index contributed by atoms with van der Waals surface area (Å²) in [5.41, 5.74) is 9.10. The highest BCUT2D eigenvalue weighted by Crippen LogP contribution is 2.37. The molecule has 2 N–H and O–H groups in total. The first kappa shape index (κ1) is 12.8. The van der Waals surface area contributed by atoms with Crippen LogP contribution in [0.2, 0.25) is 0 Å². The summed E-state index contributed by atoms with van der Waals surface area (Å²) in [7, 11) is 0. The lowest BCUT2D eigenvalue weighted by Crippen LogP contribution is -2.11. The Bertz CT molecular complexity index is 642. The number of anilines is 1. The number of nitrogen functional groups attached to an aromatic ring is 1. The quantitative estimate of drug-likeness (QED) is 0.869. The number of benzene rings is 1. The van der Waals surface area contributed by atoms with Crippen LogP contribution in [0.4, 0.5) is 5.69 Å². The number of nitrogens with zero attached hydrogens (tertiary/aromatic N) is 1. The summed E-state index contributed by atoms with van der Waals surface area (Å²) in [4.78, 5) is 12.2. The number of carbonyl (C=O) groups is 1. The summed E-state index contributed by atoms with van der Waals surface area (Å²) in [6, 6.07) is 10.1. The monoisotopic (exact) mass is 270 g/mol. The van der Waals surface area contributed by atoms with Gasteiger partial charge in [-0.05, 0) is 31.4 Å². The molecule has 0 unspecified atom stereocenters. The van der Waals surface area contributed by atoms with E-state index in [1.54, 1.807) is 6.07 Å². The lowest BCUT2D eigenvalue weighted by Gasteiger charge is -2.08. The summed E-state index contributed by atoms with van der Waals surface area (Å²) >= 11 is 0. The van der Waals surface area contributed by atoms with E-state index in [0.717, 1.165) is 24.0 Å². The van der Waals surface area contributed by atoms with Gasteiger partial charge in [-0.1, -0.05) is 29.8 Å². The molecule has 1 aliphatic carbocycles. The fraction of sp³-hybridized carbons (Fsp3) is 0.312. The smallest absolute Gasteiger partial charge is 0.355 e. The van der Waals surface area contributed by atoms with E-state index in [4.69, 9.17) is 10.5 Å². The molecule has 3 rings (SSSR count). The standard InChI is InChI=1S/C16H18N2O2/c1-11-3-2-4-12(7-11)10-20-16(19)15-8-13(17)9-18(15)14-5-6-14/h2-4,7-9,14H,5-6,10,17H2,1H3. The number of nitrogens with two attached hydrogens (primary N) is 1. The van der Waals surface area contributed by atoms with E-state index >= 15 is 0 Å². The Morgan fingerprint density at radius 2 is 2.20 bits per heavy atom. The van der Waals surface area contributed by atoms with Gasteiger partial charge in [0.05, 0.1) is 5.69 Å². The molecule has 0 aliphatic heterocycles. The molecule has 4 heteroatoms. The minimum Gasteiger partial charge on any atom is -0.456 e. The third kappa shape index (κ3) is 2.69. The van der Waals surface area contributed by atoms with Crippen LogP contribution in [0.5, 0.6) is 0 Å². The van der Waals surface area contributed by atoms with E-state index in [1.807, 2.05) is 42.0 Å². The maximum Gasteiger partial charge on any atom is 0.355 e. The van der Waals surface area contributed by atoms with Gasteiger partial charge in [0.1, 0.15) is 12.3 Å². The van der Waals surface area contributed by atoms with Crippen molar-refractivity contribution in [1.82, 2.24) is 4.57 Å². The van der Waals surface area contributed by atoms with Gasteiger partial charge in [0, 0.05) is 12.2 Å². The fourth-order valence-corrected chi connectivity index (χ4v) is 2.34. The van der Waals surface area contributed by atoms with Crippen LogP contribution in [0, 0.1) is 6.92 Å². The first-order valence-corrected chi connectivity index (χ1v) is 6.83. The Kier molecular flexibility index (Phi) is 3.22. The first-order valence-electron chi connectivity index (χ1n) is 6.83. The summed E-state index contributed by atoms with van der Waals surface area (Å²) in [5.74, 6) is -0.310. The van der Waals surface area contributed by atoms with E-state index in [-0.39, 0.29) is 12.6 Å². The van der Waals surface area contributed by atoms with Crippen LogP contribution in [-0.4, -0.2) is 10.5 Å². The molecule has 1 aromatic carbocycles. The highest BCUT2D eigenvalue weighted by Gasteiger charge is 2.28. The topological polar surface area (TPSA) is 57.2 Å². The van der Waals surface area contributed by atoms with Crippen molar-refractivity contribution in [2.75, 3.05) is 5.73 Å². The predicted molar refractivity (Wildman–Crippen MR) is 77.4 cm³/mol. The van der Waals surface area contributed by atoms with E-state index in [1.165, 1.54) is 0 Å². The molecule has 20 heavy (non-hydrogen) atoms. The number of carbonyl (C=O) groups excluding carboxylic acids is 1. The number of aromatic nitrogens is 1. The molecule has 1 saturated carbocycles. The van der Waals surface area contributed by atoms with E-state index in [9.17, 15) is 4.79 Å². The highest BCUT2D eigenvalue weighted by atomic mass is 16.5. The van der Waals surface area contributed by atoms with E-state index in [0.29, 0.717) is 17.4 Å². The lowest BCUT2D eigenvalue weighted by atomic mass is 10.1. The number of hydrogen-bond donors (Lipinski definition) is 1. The maximum atomic E-state index is 12.2. The molecule has 0 atom stereocenters. The average Bonchev–Trinajstić information content (AvgIpc) is 3.19. The van der Waals surface area contributed by atoms with Crippen LogP contribution in [0.15, 0.2) is 36.5 Å². The van der Waals surface area contributed by atoms with E-state index in [2.05, 4.69) is 0 Å². The zero-order chi connectivity index (χ0) is 14.1. The van der Waals surface area contributed by atoms with Crippen molar-refractivity contribution in [3.8, 4) is 0 Å². The second kappa shape index (κ2) is 5.04. The largest absolute Gasteiger partial charge is 0.456 e. The first-order chi connectivity index (χ1) is 9.63. The van der Waals surface area contributed by atoms with Crippen molar-refractivity contribution < 1.29 is 9.53 Å². The fourth-order valence-electron chi connectivity index (χ4n) is 2.34. The van der Waals surface area contributed by atoms with Gasteiger partial charge >= 0.3 is 5.97 Å². The molecular formula is C16H18N2O2. The SMILES string of the molecule is Cc1cccc(COC(=O)c2cc(N)cn2C2CC2)c1. The highest BCUT2D eigenvalue weighted by molar-refractivity contribution is 5.89.